The highest BCUT2D eigenvalue weighted by Crippen LogP contribution is 2.63. The van der Waals surface area contributed by atoms with E-state index in [-0.39, 0.29) is 17.4 Å². The summed E-state index contributed by atoms with van der Waals surface area (Å²) in [4.78, 5) is 11.6. The van der Waals surface area contributed by atoms with Crippen LogP contribution in [-0.4, -0.2) is 17.5 Å². The van der Waals surface area contributed by atoms with E-state index in [0.717, 1.165) is 12.8 Å². The van der Waals surface area contributed by atoms with Gasteiger partial charge in [0, 0.05) is 18.4 Å². The molecule has 2 atom stereocenters. The Kier molecular flexibility index (Phi) is 3.05. The van der Waals surface area contributed by atoms with Crippen molar-refractivity contribution in [1.82, 2.24) is 0 Å². The average molecular weight is 198 g/mol. The molecule has 2 fully saturated rings. The van der Waals surface area contributed by atoms with Crippen molar-refractivity contribution in [2.75, 3.05) is 6.61 Å². The molecule has 2 heteroatoms. The molecule has 0 aliphatic heterocycles. The minimum Gasteiger partial charge on any atom is -0.397 e. The van der Waals surface area contributed by atoms with Gasteiger partial charge in [-0.3, -0.25) is 4.79 Å². The van der Waals surface area contributed by atoms with Crippen molar-refractivity contribution in [1.29, 1.82) is 0 Å². The highest BCUT2D eigenvalue weighted by molar-refractivity contribution is 5.89. The molecule has 0 saturated heterocycles. The number of carbonyl (C=O) groups excluding carboxylic acids is 1. The van der Waals surface area contributed by atoms with Gasteiger partial charge in [-0.25, -0.2) is 0 Å². The van der Waals surface area contributed by atoms with Crippen LogP contribution in [0.25, 0.3) is 0 Å². The summed E-state index contributed by atoms with van der Waals surface area (Å²) in [5, 5.41) is 7.57. The van der Waals surface area contributed by atoms with Gasteiger partial charge in [-0.1, -0.05) is 20.8 Å². The quantitative estimate of drug-likeness (QED) is 0.649. The number of ketones is 1. The van der Waals surface area contributed by atoms with Crippen molar-refractivity contribution < 1.29 is 9.90 Å². The summed E-state index contributed by atoms with van der Waals surface area (Å²) in [5.41, 5.74) is 0.307. The van der Waals surface area contributed by atoms with E-state index in [4.69, 9.17) is 5.11 Å². The number of Topliss-reactive ketones (excluding diaryl/α,β-unsaturated/α-hetero) is 1. The van der Waals surface area contributed by atoms with Gasteiger partial charge >= 0.3 is 0 Å². The number of fused-ring (bicyclic) bond motifs is 2. The highest BCUT2D eigenvalue weighted by Gasteiger charge is 2.61. The SMILES string of the molecule is CC1(C)C2CC[C@]1(C)C(=O)C2.CCO. The number of aliphatic hydroxyl groups excluding tert-OH is 1. The van der Waals surface area contributed by atoms with Crippen molar-refractivity contribution in [3.05, 3.63) is 0 Å². The third kappa shape index (κ3) is 1.40. The molecule has 0 aromatic heterocycles. The van der Waals surface area contributed by atoms with E-state index in [2.05, 4.69) is 20.8 Å². The molecule has 82 valence electrons. The molecular weight excluding hydrogens is 176 g/mol. The highest BCUT2D eigenvalue weighted by atomic mass is 16.2. The molecule has 2 saturated carbocycles. The van der Waals surface area contributed by atoms with Crippen LogP contribution in [0.5, 0.6) is 0 Å². The van der Waals surface area contributed by atoms with Gasteiger partial charge in [-0.2, -0.15) is 0 Å². The monoisotopic (exact) mass is 198 g/mol. The van der Waals surface area contributed by atoms with Gasteiger partial charge < -0.3 is 5.11 Å². The lowest BCUT2D eigenvalue weighted by atomic mass is 9.70. The number of aliphatic hydroxyl groups is 1. The average Bonchev–Trinajstić information content (AvgIpc) is 2.38. The van der Waals surface area contributed by atoms with Crippen LogP contribution >= 0.6 is 0 Å². The lowest BCUT2D eigenvalue weighted by Gasteiger charge is -2.32. The second-order valence-corrected chi connectivity index (χ2v) is 5.23. The number of hydrogen-bond donors (Lipinski definition) is 1. The second-order valence-electron chi connectivity index (χ2n) is 5.23. The molecule has 2 nitrogen and oxygen atoms in total. The zero-order chi connectivity index (χ0) is 11.0. The van der Waals surface area contributed by atoms with Crippen molar-refractivity contribution in [2.45, 2.75) is 47.0 Å². The van der Waals surface area contributed by atoms with Crippen LogP contribution in [0.3, 0.4) is 0 Å². The fourth-order valence-electron chi connectivity index (χ4n) is 2.90. The molecule has 0 amide bonds. The molecule has 2 rings (SSSR count). The Bertz CT molecular complexity index is 232. The van der Waals surface area contributed by atoms with Crippen LogP contribution < -0.4 is 0 Å². The van der Waals surface area contributed by atoms with Gasteiger partial charge in [0.2, 0.25) is 0 Å². The molecule has 14 heavy (non-hydrogen) atoms. The maximum Gasteiger partial charge on any atom is 0.139 e. The molecule has 0 aromatic rings. The fourth-order valence-corrected chi connectivity index (χ4v) is 2.90. The van der Waals surface area contributed by atoms with Gasteiger partial charge in [-0.15, -0.1) is 0 Å². The van der Waals surface area contributed by atoms with Crippen LogP contribution in [-0.2, 0) is 4.79 Å². The molecular formula is C12H22O2. The van der Waals surface area contributed by atoms with Crippen LogP contribution in [0.1, 0.15) is 47.0 Å². The maximum atomic E-state index is 11.6. The Morgan fingerprint density at radius 2 is 1.93 bits per heavy atom. The van der Waals surface area contributed by atoms with Gasteiger partial charge in [0.05, 0.1) is 0 Å². The van der Waals surface area contributed by atoms with Gasteiger partial charge in [0.15, 0.2) is 0 Å². The third-order valence-corrected chi connectivity index (χ3v) is 4.48. The molecule has 0 radical (unpaired) electrons. The molecule has 2 aliphatic rings. The molecule has 1 unspecified atom stereocenters. The standard InChI is InChI=1S/C10H16O.C2H6O/c1-9(2)7-4-5-10(9,3)8(11)6-7;1-2-3/h7H,4-6H2,1-3H3;3H,2H2,1H3/t7?,10-;/m1./s1. The predicted molar refractivity (Wildman–Crippen MR) is 57.0 cm³/mol. The minimum atomic E-state index is 0.0255. The Morgan fingerprint density at radius 1 is 1.43 bits per heavy atom. The maximum absolute atomic E-state index is 11.6. The summed E-state index contributed by atoms with van der Waals surface area (Å²) >= 11 is 0. The van der Waals surface area contributed by atoms with E-state index in [1.165, 1.54) is 6.42 Å². The van der Waals surface area contributed by atoms with Crippen molar-refractivity contribution >= 4 is 5.78 Å². The first-order valence-corrected chi connectivity index (χ1v) is 5.54. The van der Waals surface area contributed by atoms with Crippen LogP contribution in [0.15, 0.2) is 0 Å². The number of hydrogen-bond acceptors (Lipinski definition) is 2. The number of rotatable bonds is 0. The van der Waals surface area contributed by atoms with E-state index in [0.29, 0.717) is 11.7 Å². The summed E-state index contributed by atoms with van der Waals surface area (Å²) in [7, 11) is 0. The normalized spacial score (nSPS) is 38.1. The zero-order valence-electron chi connectivity index (χ0n) is 9.76. The summed E-state index contributed by atoms with van der Waals surface area (Å²) in [5.74, 6) is 1.19. The summed E-state index contributed by atoms with van der Waals surface area (Å²) < 4.78 is 0. The largest absolute Gasteiger partial charge is 0.397 e. The lowest BCUT2D eigenvalue weighted by Crippen LogP contribution is -2.32. The molecule has 0 spiro atoms. The van der Waals surface area contributed by atoms with E-state index in [9.17, 15) is 4.79 Å². The van der Waals surface area contributed by atoms with Crippen LogP contribution in [0, 0.1) is 16.7 Å². The summed E-state index contributed by atoms with van der Waals surface area (Å²) in [6.07, 6.45) is 3.25. The van der Waals surface area contributed by atoms with E-state index < -0.39 is 0 Å². The summed E-state index contributed by atoms with van der Waals surface area (Å²) in [6, 6.07) is 0. The number of carbonyl (C=O) groups is 1. The van der Waals surface area contributed by atoms with E-state index >= 15 is 0 Å². The van der Waals surface area contributed by atoms with Crippen LogP contribution in [0.2, 0.25) is 0 Å². The Balaban J connectivity index is 0.000000293. The molecule has 0 aromatic carbocycles. The van der Waals surface area contributed by atoms with Crippen molar-refractivity contribution in [3.63, 3.8) is 0 Å². The fraction of sp³-hybridized carbons (Fsp3) is 0.917. The summed E-state index contributed by atoms with van der Waals surface area (Å²) in [6.45, 7) is 8.60. The Labute approximate surface area is 86.7 Å². The van der Waals surface area contributed by atoms with Gasteiger partial charge in [-0.05, 0) is 31.1 Å². The predicted octanol–water partition coefficient (Wildman–Crippen LogP) is 2.40. The van der Waals surface area contributed by atoms with Crippen molar-refractivity contribution in [3.8, 4) is 0 Å². The first kappa shape index (κ1) is 11.7. The van der Waals surface area contributed by atoms with Gasteiger partial charge in [0.25, 0.3) is 0 Å². The lowest BCUT2D eigenvalue weighted by molar-refractivity contribution is -0.128. The minimum absolute atomic E-state index is 0.0255. The molecule has 0 heterocycles. The topological polar surface area (TPSA) is 37.3 Å². The van der Waals surface area contributed by atoms with E-state index in [1.54, 1.807) is 6.92 Å². The second kappa shape index (κ2) is 3.65. The first-order valence-electron chi connectivity index (χ1n) is 5.54. The smallest absolute Gasteiger partial charge is 0.139 e. The molecule has 2 bridgehead atoms. The Morgan fingerprint density at radius 3 is 2.07 bits per heavy atom. The van der Waals surface area contributed by atoms with Crippen molar-refractivity contribution in [2.24, 2.45) is 16.7 Å². The third-order valence-electron chi connectivity index (χ3n) is 4.48. The first-order chi connectivity index (χ1) is 6.40. The Hall–Kier alpha value is -0.370. The molecule has 1 N–H and O–H groups in total. The van der Waals surface area contributed by atoms with Gasteiger partial charge in [0.1, 0.15) is 5.78 Å². The zero-order valence-corrected chi connectivity index (χ0v) is 9.76. The molecule has 2 aliphatic carbocycles. The van der Waals surface area contributed by atoms with E-state index in [1.807, 2.05) is 0 Å². The van der Waals surface area contributed by atoms with Crippen LogP contribution in [0.4, 0.5) is 0 Å².